The van der Waals surface area contributed by atoms with E-state index in [0.29, 0.717) is 6.54 Å². The Kier molecular flexibility index (Phi) is 5.89. The number of rotatable bonds is 7. The van der Waals surface area contributed by atoms with Gasteiger partial charge in [-0.05, 0) is 80.3 Å². The summed E-state index contributed by atoms with van der Waals surface area (Å²) in [5.74, 6) is 1.64. The zero-order valence-corrected chi connectivity index (χ0v) is 17.3. The van der Waals surface area contributed by atoms with Gasteiger partial charge in [0, 0.05) is 27.2 Å². The van der Waals surface area contributed by atoms with Crippen molar-refractivity contribution in [2.24, 2.45) is 5.73 Å². The fourth-order valence-electron chi connectivity index (χ4n) is 3.77. The molecule has 0 fully saturated rings. The molecule has 4 heteroatoms. The number of H-pyrrole nitrogens is 1. The number of benzene rings is 3. The number of ether oxygens (including phenoxy) is 1. The number of nitrogens with one attached hydrogen (secondary N) is 1. The minimum absolute atomic E-state index is 0.706. The van der Waals surface area contributed by atoms with Crippen molar-refractivity contribution in [2.75, 3.05) is 6.54 Å². The van der Waals surface area contributed by atoms with E-state index in [1.54, 1.807) is 0 Å². The zero-order valence-electron chi connectivity index (χ0n) is 16.5. The second-order valence-electron chi connectivity index (χ2n) is 7.31. The Hall–Kier alpha value is -2.75. The van der Waals surface area contributed by atoms with Crippen LogP contribution in [0.4, 0.5) is 0 Å². The molecule has 0 aliphatic carbocycles. The topological polar surface area (TPSA) is 51.0 Å². The fraction of sp³-hybridized carbons (Fsp3) is 0.200. The van der Waals surface area contributed by atoms with Crippen molar-refractivity contribution in [3.8, 4) is 22.8 Å². The van der Waals surface area contributed by atoms with Gasteiger partial charge in [0.1, 0.15) is 11.5 Å². The summed E-state index contributed by atoms with van der Waals surface area (Å²) in [5.41, 5.74) is 11.5. The Labute approximate surface area is 176 Å². The van der Waals surface area contributed by atoms with Gasteiger partial charge in [0.2, 0.25) is 0 Å². The Morgan fingerprint density at radius 2 is 1.72 bits per heavy atom. The molecule has 0 atom stereocenters. The zero-order chi connectivity index (χ0) is 20.2. The van der Waals surface area contributed by atoms with Crippen LogP contribution in [0.25, 0.3) is 22.2 Å². The fourth-order valence-corrected chi connectivity index (χ4v) is 4.05. The minimum Gasteiger partial charge on any atom is -0.457 e. The summed E-state index contributed by atoms with van der Waals surface area (Å²) in [6.45, 7) is 2.80. The molecule has 0 radical (unpaired) electrons. The summed E-state index contributed by atoms with van der Waals surface area (Å²) in [4.78, 5) is 3.65. The highest BCUT2D eigenvalue weighted by molar-refractivity contribution is 6.31. The summed E-state index contributed by atoms with van der Waals surface area (Å²) in [5, 5.41) is 1.96. The van der Waals surface area contributed by atoms with Gasteiger partial charge in [-0.1, -0.05) is 41.9 Å². The highest BCUT2D eigenvalue weighted by atomic mass is 35.5. The lowest BCUT2D eigenvalue weighted by Gasteiger charge is -2.09. The van der Waals surface area contributed by atoms with Crippen molar-refractivity contribution >= 4 is 22.5 Å². The third kappa shape index (κ3) is 4.31. The quantitative estimate of drug-likeness (QED) is 0.330. The molecular weight excluding hydrogens is 380 g/mol. The number of hydrogen-bond donors (Lipinski definition) is 2. The second kappa shape index (κ2) is 8.73. The molecule has 0 saturated carbocycles. The molecule has 148 valence electrons. The maximum atomic E-state index is 6.37. The van der Waals surface area contributed by atoms with E-state index in [1.165, 1.54) is 10.9 Å². The van der Waals surface area contributed by atoms with E-state index >= 15 is 0 Å². The van der Waals surface area contributed by atoms with Gasteiger partial charge in [-0.25, -0.2) is 0 Å². The van der Waals surface area contributed by atoms with E-state index in [2.05, 4.69) is 30.1 Å². The third-order valence-electron chi connectivity index (χ3n) is 5.16. The average molecular weight is 405 g/mol. The van der Waals surface area contributed by atoms with Gasteiger partial charge in [-0.15, -0.1) is 0 Å². The van der Waals surface area contributed by atoms with Crippen molar-refractivity contribution in [3.63, 3.8) is 0 Å². The van der Waals surface area contributed by atoms with Gasteiger partial charge >= 0.3 is 0 Å². The molecule has 0 aliphatic rings. The smallest absolute Gasteiger partial charge is 0.128 e. The number of fused-ring (bicyclic) bond motifs is 1. The lowest BCUT2D eigenvalue weighted by molar-refractivity contribution is 0.483. The van der Waals surface area contributed by atoms with Crippen molar-refractivity contribution < 1.29 is 4.74 Å². The van der Waals surface area contributed by atoms with E-state index in [-0.39, 0.29) is 0 Å². The Bertz CT molecular complexity index is 1120. The lowest BCUT2D eigenvalue weighted by Crippen LogP contribution is -1.99. The summed E-state index contributed by atoms with van der Waals surface area (Å²) < 4.78 is 6.04. The molecule has 0 unspecified atom stereocenters. The van der Waals surface area contributed by atoms with Gasteiger partial charge < -0.3 is 15.5 Å². The predicted octanol–water partition coefficient (Wildman–Crippen LogP) is 6.87. The molecule has 0 aliphatic heterocycles. The van der Waals surface area contributed by atoms with Gasteiger partial charge in [0.05, 0.1) is 0 Å². The van der Waals surface area contributed by atoms with E-state index < -0.39 is 0 Å². The molecule has 0 amide bonds. The number of para-hydroxylation sites is 1. The maximum absolute atomic E-state index is 6.37. The lowest BCUT2D eigenvalue weighted by atomic mass is 9.99. The van der Waals surface area contributed by atoms with E-state index in [1.807, 2.05) is 48.5 Å². The van der Waals surface area contributed by atoms with Crippen LogP contribution < -0.4 is 10.5 Å². The van der Waals surface area contributed by atoms with Gasteiger partial charge in [-0.3, -0.25) is 0 Å². The van der Waals surface area contributed by atoms with Gasteiger partial charge in [0.15, 0.2) is 0 Å². The molecule has 0 spiro atoms. The summed E-state index contributed by atoms with van der Waals surface area (Å²) in [6.07, 6.45) is 3.00. The molecule has 4 rings (SSSR count). The van der Waals surface area contributed by atoms with Crippen molar-refractivity contribution in [2.45, 2.75) is 26.2 Å². The molecule has 4 aromatic rings. The highest BCUT2D eigenvalue weighted by Gasteiger charge is 2.16. The van der Waals surface area contributed by atoms with Crippen LogP contribution in [-0.4, -0.2) is 11.5 Å². The maximum Gasteiger partial charge on any atom is 0.128 e. The first kappa shape index (κ1) is 19.6. The molecule has 0 saturated heterocycles. The van der Waals surface area contributed by atoms with Crippen LogP contribution in [0.5, 0.6) is 11.5 Å². The van der Waals surface area contributed by atoms with Gasteiger partial charge in [-0.2, -0.15) is 0 Å². The Balaban J connectivity index is 1.77. The van der Waals surface area contributed by atoms with Crippen LogP contribution >= 0.6 is 11.6 Å². The van der Waals surface area contributed by atoms with Crippen LogP contribution in [0.2, 0.25) is 5.02 Å². The molecule has 1 heterocycles. The first-order valence-corrected chi connectivity index (χ1v) is 10.4. The largest absolute Gasteiger partial charge is 0.457 e. The normalized spacial score (nSPS) is 11.1. The molecule has 3 N–H and O–H groups in total. The van der Waals surface area contributed by atoms with Crippen molar-refractivity contribution in [1.82, 2.24) is 4.98 Å². The van der Waals surface area contributed by atoms with E-state index in [0.717, 1.165) is 58.1 Å². The van der Waals surface area contributed by atoms with Crippen LogP contribution in [0.3, 0.4) is 0 Å². The molecule has 3 nitrogen and oxygen atoms in total. The third-order valence-corrected chi connectivity index (χ3v) is 5.38. The molecule has 0 bridgehead atoms. The Morgan fingerprint density at radius 3 is 2.52 bits per heavy atom. The first-order chi connectivity index (χ1) is 14.2. The number of unbranched alkanes of at least 4 members (excludes halogenated alkanes) is 1. The molecular formula is C25H25ClN2O. The molecule has 1 aromatic heterocycles. The van der Waals surface area contributed by atoms with Crippen molar-refractivity contribution in [3.05, 3.63) is 82.9 Å². The van der Waals surface area contributed by atoms with Crippen LogP contribution in [0.15, 0.2) is 66.7 Å². The summed E-state index contributed by atoms with van der Waals surface area (Å²) in [7, 11) is 0. The van der Waals surface area contributed by atoms with Crippen LogP contribution in [-0.2, 0) is 6.42 Å². The number of hydrogen-bond acceptors (Lipinski definition) is 2. The minimum atomic E-state index is 0.706. The number of aromatic nitrogens is 1. The predicted molar refractivity (Wildman–Crippen MR) is 122 cm³/mol. The Morgan fingerprint density at radius 1 is 0.931 bits per heavy atom. The first-order valence-electron chi connectivity index (χ1n) is 10.00. The van der Waals surface area contributed by atoms with E-state index in [4.69, 9.17) is 22.1 Å². The molecule has 29 heavy (non-hydrogen) atoms. The van der Waals surface area contributed by atoms with Gasteiger partial charge in [0.25, 0.3) is 0 Å². The SMILES string of the molecule is Cc1cc(Cl)cc2c(CCCCN)c(-c3cccc(Oc4ccccc4)c3)[nH]c12. The average Bonchev–Trinajstić information content (AvgIpc) is 3.08. The summed E-state index contributed by atoms with van der Waals surface area (Å²) in [6, 6.07) is 22.1. The number of aryl methyl sites for hydroxylation is 2. The van der Waals surface area contributed by atoms with Crippen LogP contribution in [0.1, 0.15) is 24.0 Å². The number of halogens is 1. The summed E-state index contributed by atoms with van der Waals surface area (Å²) >= 11 is 6.37. The number of aromatic amines is 1. The standard InChI is InChI=1S/C25H25ClN2O/c1-17-14-19(26)16-23-22(12-5-6-13-27)25(28-24(17)23)18-8-7-11-21(15-18)29-20-9-3-2-4-10-20/h2-4,7-11,14-16,28H,5-6,12-13,27H2,1H3. The monoisotopic (exact) mass is 404 g/mol. The second-order valence-corrected chi connectivity index (χ2v) is 7.75. The van der Waals surface area contributed by atoms with Crippen LogP contribution in [0, 0.1) is 6.92 Å². The molecule has 3 aromatic carbocycles. The van der Waals surface area contributed by atoms with Crippen molar-refractivity contribution in [1.29, 1.82) is 0 Å². The van der Waals surface area contributed by atoms with E-state index in [9.17, 15) is 0 Å². The number of nitrogens with two attached hydrogens (primary N) is 1. The highest BCUT2D eigenvalue weighted by Crippen LogP contribution is 2.36.